The molecule has 1 aliphatic rings. The number of rotatable bonds is 5. The SMILES string of the molecule is CC(C)n1nccc1NC(=O)CSc1ccc2c(c1)OCCO2. The molecule has 1 amide bonds. The number of aromatic nitrogens is 2. The maximum Gasteiger partial charge on any atom is 0.235 e. The molecule has 1 aromatic heterocycles. The highest BCUT2D eigenvalue weighted by Gasteiger charge is 2.13. The minimum Gasteiger partial charge on any atom is -0.486 e. The van der Waals surface area contributed by atoms with Crippen LogP contribution in [0.3, 0.4) is 0 Å². The molecule has 3 rings (SSSR count). The van der Waals surface area contributed by atoms with Crippen molar-refractivity contribution < 1.29 is 14.3 Å². The van der Waals surface area contributed by atoms with Gasteiger partial charge in [-0.2, -0.15) is 5.10 Å². The fourth-order valence-corrected chi connectivity index (χ4v) is 2.99. The van der Waals surface area contributed by atoms with Crippen LogP contribution in [0.5, 0.6) is 11.5 Å². The van der Waals surface area contributed by atoms with Crippen LogP contribution >= 0.6 is 11.8 Å². The third kappa shape index (κ3) is 3.79. The number of thioether (sulfide) groups is 1. The van der Waals surface area contributed by atoms with E-state index in [-0.39, 0.29) is 11.9 Å². The van der Waals surface area contributed by atoms with E-state index in [0.717, 1.165) is 16.4 Å². The molecule has 0 radical (unpaired) electrons. The molecule has 6 nitrogen and oxygen atoms in total. The Labute approximate surface area is 139 Å². The van der Waals surface area contributed by atoms with Gasteiger partial charge in [0.05, 0.1) is 11.9 Å². The second-order valence-corrected chi connectivity index (χ2v) is 6.45. The molecule has 1 aliphatic heterocycles. The van der Waals surface area contributed by atoms with Gasteiger partial charge in [0.15, 0.2) is 11.5 Å². The van der Waals surface area contributed by atoms with Crippen molar-refractivity contribution in [2.24, 2.45) is 0 Å². The van der Waals surface area contributed by atoms with Gasteiger partial charge in [0, 0.05) is 17.0 Å². The summed E-state index contributed by atoms with van der Waals surface area (Å²) in [6.45, 7) is 5.17. The minimum absolute atomic E-state index is 0.0627. The number of carbonyl (C=O) groups is 1. The second-order valence-electron chi connectivity index (χ2n) is 5.40. The van der Waals surface area contributed by atoms with Crippen LogP contribution in [-0.4, -0.2) is 34.7 Å². The highest BCUT2D eigenvalue weighted by atomic mass is 32.2. The lowest BCUT2D eigenvalue weighted by atomic mass is 10.3. The number of carbonyl (C=O) groups excluding carboxylic acids is 1. The van der Waals surface area contributed by atoms with Crippen LogP contribution in [-0.2, 0) is 4.79 Å². The van der Waals surface area contributed by atoms with E-state index < -0.39 is 0 Å². The van der Waals surface area contributed by atoms with Gasteiger partial charge in [-0.05, 0) is 32.0 Å². The number of ether oxygens (including phenoxy) is 2. The normalized spacial score (nSPS) is 13.2. The first-order valence-electron chi connectivity index (χ1n) is 7.49. The topological polar surface area (TPSA) is 65.4 Å². The molecule has 0 saturated heterocycles. The average molecular weight is 333 g/mol. The van der Waals surface area contributed by atoms with E-state index in [1.54, 1.807) is 16.9 Å². The maximum absolute atomic E-state index is 12.1. The molecule has 7 heteroatoms. The van der Waals surface area contributed by atoms with E-state index >= 15 is 0 Å². The molecule has 0 unspecified atom stereocenters. The van der Waals surface area contributed by atoms with Crippen LogP contribution in [0.25, 0.3) is 0 Å². The largest absolute Gasteiger partial charge is 0.486 e. The van der Waals surface area contributed by atoms with Crippen LogP contribution in [0.1, 0.15) is 19.9 Å². The van der Waals surface area contributed by atoms with Gasteiger partial charge in [-0.25, -0.2) is 4.68 Å². The standard InChI is InChI=1S/C16H19N3O3S/c1-11(2)19-15(5-6-17-19)18-16(20)10-23-12-3-4-13-14(9-12)22-8-7-21-13/h3-6,9,11H,7-8,10H2,1-2H3,(H,18,20). The number of benzene rings is 1. The quantitative estimate of drug-likeness (QED) is 0.852. The van der Waals surface area contributed by atoms with Gasteiger partial charge in [0.1, 0.15) is 19.0 Å². The second kappa shape index (κ2) is 6.95. The molecule has 2 heterocycles. The Balaban J connectivity index is 1.57. The van der Waals surface area contributed by atoms with Crippen LogP contribution < -0.4 is 14.8 Å². The Morgan fingerprint density at radius 2 is 2.09 bits per heavy atom. The fraction of sp³-hybridized carbons (Fsp3) is 0.375. The zero-order chi connectivity index (χ0) is 16.2. The van der Waals surface area contributed by atoms with E-state index in [9.17, 15) is 4.79 Å². The molecule has 0 spiro atoms. The molecule has 1 N–H and O–H groups in total. The molecule has 1 aromatic carbocycles. The summed E-state index contributed by atoms with van der Waals surface area (Å²) in [4.78, 5) is 13.1. The third-order valence-electron chi connectivity index (χ3n) is 3.31. The minimum atomic E-state index is -0.0627. The van der Waals surface area contributed by atoms with Gasteiger partial charge in [0.2, 0.25) is 5.91 Å². The summed E-state index contributed by atoms with van der Waals surface area (Å²) in [6.07, 6.45) is 1.68. The lowest BCUT2D eigenvalue weighted by molar-refractivity contribution is -0.113. The number of nitrogens with one attached hydrogen (secondary N) is 1. The first kappa shape index (κ1) is 15.7. The van der Waals surface area contributed by atoms with Gasteiger partial charge in [-0.1, -0.05) is 0 Å². The number of hydrogen-bond donors (Lipinski definition) is 1. The van der Waals surface area contributed by atoms with Crippen molar-refractivity contribution in [2.45, 2.75) is 24.8 Å². The number of hydrogen-bond acceptors (Lipinski definition) is 5. The summed E-state index contributed by atoms with van der Waals surface area (Å²) in [7, 11) is 0. The summed E-state index contributed by atoms with van der Waals surface area (Å²) < 4.78 is 12.8. The van der Waals surface area contributed by atoms with Gasteiger partial charge >= 0.3 is 0 Å². The van der Waals surface area contributed by atoms with Crippen molar-refractivity contribution in [2.75, 3.05) is 24.3 Å². The van der Waals surface area contributed by atoms with E-state index in [4.69, 9.17) is 9.47 Å². The molecular formula is C16H19N3O3S. The Hall–Kier alpha value is -2.15. The molecule has 0 saturated carbocycles. The Morgan fingerprint density at radius 3 is 2.87 bits per heavy atom. The number of nitrogens with zero attached hydrogens (tertiary/aromatic N) is 2. The smallest absolute Gasteiger partial charge is 0.235 e. The van der Waals surface area contributed by atoms with E-state index in [0.29, 0.717) is 24.8 Å². The predicted octanol–water partition coefficient (Wildman–Crippen LogP) is 2.97. The van der Waals surface area contributed by atoms with Gasteiger partial charge in [-0.15, -0.1) is 11.8 Å². The number of anilines is 1. The first-order valence-corrected chi connectivity index (χ1v) is 8.48. The van der Waals surface area contributed by atoms with Crippen molar-refractivity contribution in [1.82, 2.24) is 9.78 Å². The Morgan fingerprint density at radius 1 is 1.30 bits per heavy atom. The van der Waals surface area contributed by atoms with Gasteiger partial charge in [0.25, 0.3) is 0 Å². The lowest BCUT2D eigenvalue weighted by Crippen LogP contribution is -2.18. The molecule has 0 fully saturated rings. The first-order chi connectivity index (χ1) is 11.1. The number of fused-ring (bicyclic) bond motifs is 1. The zero-order valence-electron chi connectivity index (χ0n) is 13.1. The Kier molecular flexibility index (Phi) is 4.76. The van der Waals surface area contributed by atoms with Crippen molar-refractivity contribution >= 4 is 23.5 Å². The van der Waals surface area contributed by atoms with Crippen LogP contribution in [0.4, 0.5) is 5.82 Å². The predicted molar refractivity (Wildman–Crippen MR) is 89.4 cm³/mol. The summed E-state index contributed by atoms with van der Waals surface area (Å²) >= 11 is 1.46. The molecular weight excluding hydrogens is 314 g/mol. The Bertz CT molecular complexity index is 700. The highest BCUT2D eigenvalue weighted by Crippen LogP contribution is 2.34. The molecule has 0 aliphatic carbocycles. The molecule has 122 valence electrons. The lowest BCUT2D eigenvalue weighted by Gasteiger charge is -2.18. The third-order valence-corrected chi connectivity index (χ3v) is 4.30. The molecule has 0 bridgehead atoms. The van der Waals surface area contributed by atoms with Crippen molar-refractivity contribution in [3.8, 4) is 11.5 Å². The molecule has 23 heavy (non-hydrogen) atoms. The maximum atomic E-state index is 12.1. The monoisotopic (exact) mass is 333 g/mol. The summed E-state index contributed by atoms with van der Waals surface area (Å²) in [5.41, 5.74) is 0. The van der Waals surface area contributed by atoms with Crippen molar-refractivity contribution in [3.05, 3.63) is 30.5 Å². The summed E-state index contributed by atoms with van der Waals surface area (Å²) in [5.74, 6) is 2.47. The summed E-state index contributed by atoms with van der Waals surface area (Å²) in [5, 5.41) is 7.09. The van der Waals surface area contributed by atoms with Gasteiger partial charge in [-0.3, -0.25) is 4.79 Å². The molecule has 2 aromatic rings. The van der Waals surface area contributed by atoms with Crippen molar-refractivity contribution in [3.63, 3.8) is 0 Å². The van der Waals surface area contributed by atoms with E-state index in [1.807, 2.05) is 32.0 Å². The number of amides is 1. The summed E-state index contributed by atoms with van der Waals surface area (Å²) in [6, 6.07) is 7.72. The zero-order valence-corrected chi connectivity index (χ0v) is 13.9. The van der Waals surface area contributed by atoms with Crippen LogP contribution in [0, 0.1) is 0 Å². The van der Waals surface area contributed by atoms with E-state index in [1.165, 1.54) is 11.8 Å². The van der Waals surface area contributed by atoms with E-state index in [2.05, 4.69) is 10.4 Å². The van der Waals surface area contributed by atoms with Gasteiger partial charge < -0.3 is 14.8 Å². The van der Waals surface area contributed by atoms with Crippen molar-refractivity contribution in [1.29, 1.82) is 0 Å². The van der Waals surface area contributed by atoms with Crippen LogP contribution in [0.15, 0.2) is 35.4 Å². The van der Waals surface area contributed by atoms with Crippen LogP contribution in [0.2, 0.25) is 0 Å². The fourth-order valence-electron chi connectivity index (χ4n) is 2.27. The molecule has 0 atom stereocenters. The average Bonchev–Trinajstić information content (AvgIpc) is 3.01. The highest BCUT2D eigenvalue weighted by molar-refractivity contribution is 8.00.